The largest absolute Gasteiger partial charge is 0.382 e. The van der Waals surface area contributed by atoms with Crippen molar-refractivity contribution < 1.29 is 4.74 Å². The third-order valence-electron chi connectivity index (χ3n) is 2.18. The molecule has 1 aliphatic heterocycles. The molecule has 4 nitrogen and oxygen atoms in total. The molecule has 0 saturated heterocycles. The smallest absolute Gasteiger partial charge is 0.180 e. The molecule has 2 heterocycles. The van der Waals surface area contributed by atoms with E-state index in [0.717, 1.165) is 14.7 Å². The number of amidine groups is 1. The molecule has 98 valence electrons. The van der Waals surface area contributed by atoms with Gasteiger partial charge in [-0.05, 0) is 35.0 Å². The van der Waals surface area contributed by atoms with E-state index in [1.165, 1.54) is 4.88 Å². The second kappa shape index (κ2) is 6.60. The van der Waals surface area contributed by atoms with Crippen LogP contribution in [0, 0.1) is 0 Å². The fourth-order valence-electron chi connectivity index (χ4n) is 1.41. The van der Waals surface area contributed by atoms with Gasteiger partial charge in [-0.15, -0.1) is 11.3 Å². The van der Waals surface area contributed by atoms with Gasteiger partial charge in [0.05, 0.1) is 27.0 Å². The second-order valence-electron chi connectivity index (χ2n) is 3.74. The van der Waals surface area contributed by atoms with Crippen LogP contribution < -0.4 is 10.9 Å². The van der Waals surface area contributed by atoms with Gasteiger partial charge in [-0.3, -0.25) is 15.8 Å². The molecule has 0 fully saturated rings. The van der Waals surface area contributed by atoms with Crippen molar-refractivity contribution in [2.75, 3.05) is 13.7 Å². The van der Waals surface area contributed by atoms with E-state index < -0.39 is 0 Å². The summed E-state index contributed by atoms with van der Waals surface area (Å²) in [5.41, 5.74) is 7.32. The highest BCUT2D eigenvalue weighted by Crippen LogP contribution is 2.29. The van der Waals surface area contributed by atoms with Crippen LogP contribution in [0.1, 0.15) is 11.8 Å². The number of nitrogens with zero attached hydrogens (tertiary/aromatic N) is 1. The van der Waals surface area contributed by atoms with Crippen LogP contribution in [0.5, 0.6) is 0 Å². The predicted octanol–water partition coefficient (Wildman–Crippen LogP) is 3.04. The highest BCUT2D eigenvalue weighted by molar-refractivity contribution is 9.11. The summed E-state index contributed by atoms with van der Waals surface area (Å²) in [6.45, 7) is 2.65. The molecule has 1 aromatic rings. The number of methoxy groups -OCH3 is 1. The average molecular weight is 348 g/mol. The van der Waals surface area contributed by atoms with E-state index in [0.29, 0.717) is 6.61 Å². The number of aliphatic imine (C=N–C) groups is 1. The van der Waals surface area contributed by atoms with E-state index in [1.54, 1.807) is 30.2 Å². The zero-order chi connectivity index (χ0) is 13.0. The average Bonchev–Trinajstić information content (AvgIpc) is 2.77. The van der Waals surface area contributed by atoms with Gasteiger partial charge in [-0.25, -0.2) is 0 Å². The van der Waals surface area contributed by atoms with Crippen LogP contribution in [-0.2, 0) is 4.74 Å². The topological polar surface area (TPSA) is 45.6 Å². The molecule has 0 aromatic carbocycles. The van der Waals surface area contributed by atoms with Crippen molar-refractivity contribution in [3.8, 4) is 0 Å². The molecule has 0 spiro atoms. The first-order valence-electron chi connectivity index (χ1n) is 5.40. The summed E-state index contributed by atoms with van der Waals surface area (Å²) in [6.07, 6.45) is 0. The van der Waals surface area contributed by atoms with Crippen molar-refractivity contribution in [1.29, 1.82) is 0 Å². The molecule has 1 aromatic heterocycles. The normalized spacial score (nSPS) is 19.1. The molecule has 0 radical (unpaired) electrons. The van der Waals surface area contributed by atoms with E-state index in [9.17, 15) is 0 Å². The molecular weight excluding hydrogens is 334 g/mol. The number of thiophene rings is 1. The van der Waals surface area contributed by atoms with Crippen LogP contribution in [0.2, 0.25) is 0 Å². The minimum Gasteiger partial charge on any atom is -0.382 e. The Morgan fingerprint density at radius 1 is 1.44 bits per heavy atom. The summed E-state index contributed by atoms with van der Waals surface area (Å²) in [7, 11) is 1.68. The molecule has 7 heteroatoms. The van der Waals surface area contributed by atoms with E-state index in [4.69, 9.17) is 4.74 Å². The first-order valence-corrected chi connectivity index (χ1v) is 7.89. The van der Waals surface area contributed by atoms with Gasteiger partial charge in [-0.1, -0.05) is 11.8 Å². The zero-order valence-corrected chi connectivity index (χ0v) is 13.3. The maximum atomic E-state index is 5.05. The lowest BCUT2D eigenvalue weighted by molar-refractivity contribution is 0.186. The highest BCUT2D eigenvalue weighted by Gasteiger charge is 2.12. The fourth-order valence-corrected chi connectivity index (χ4v) is 3.61. The van der Waals surface area contributed by atoms with Crippen LogP contribution >= 0.6 is 39.0 Å². The van der Waals surface area contributed by atoms with Crippen molar-refractivity contribution in [1.82, 2.24) is 10.9 Å². The van der Waals surface area contributed by atoms with Gasteiger partial charge in [0.15, 0.2) is 5.17 Å². The lowest BCUT2D eigenvalue weighted by Crippen LogP contribution is -2.37. The van der Waals surface area contributed by atoms with Gasteiger partial charge >= 0.3 is 0 Å². The number of rotatable bonds is 4. The first-order chi connectivity index (χ1) is 8.69. The molecule has 0 bridgehead atoms. The van der Waals surface area contributed by atoms with Gasteiger partial charge in [0.25, 0.3) is 0 Å². The van der Waals surface area contributed by atoms with Gasteiger partial charge < -0.3 is 4.74 Å². The summed E-state index contributed by atoms with van der Waals surface area (Å²) < 4.78 is 6.18. The van der Waals surface area contributed by atoms with E-state index in [-0.39, 0.29) is 6.04 Å². The number of hydrogen-bond acceptors (Lipinski definition) is 5. The Hall–Kier alpha value is -0.500. The number of hydrogen-bond donors (Lipinski definition) is 2. The highest BCUT2D eigenvalue weighted by atomic mass is 79.9. The molecule has 2 N–H and O–H groups in total. The van der Waals surface area contributed by atoms with Crippen LogP contribution in [0.25, 0.3) is 5.70 Å². The fraction of sp³-hybridized carbons (Fsp3) is 0.364. The van der Waals surface area contributed by atoms with E-state index in [2.05, 4.69) is 43.2 Å². The molecule has 0 aliphatic carbocycles. The van der Waals surface area contributed by atoms with E-state index >= 15 is 0 Å². The Labute approximate surface area is 123 Å². The molecule has 2 rings (SSSR count). The summed E-state index contributed by atoms with van der Waals surface area (Å²) >= 11 is 6.73. The van der Waals surface area contributed by atoms with Crippen molar-refractivity contribution in [3.05, 3.63) is 26.2 Å². The number of nitrogens with one attached hydrogen (secondary N) is 2. The Morgan fingerprint density at radius 3 is 2.83 bits per heavy atom. The van der Waals surface area contributed by atoms with Crippen LogP contribution in [0.4, 0.5) is 0 Å². The predicted molar refractivity (Wildman–Crippen MR) is 82.6 cm³/mol. The van der Waals surface area contributed by atoms with E-state index in [1.807, 2.05) is 13.0 Å². The minimum absolute atomic E-state index is 0.151. The number of ether oxygens (including phenoxy) is 1. The second-order valence-corrected chi connectivity index (χ2v) is 7.06. The Morgan fingerprint density at radius 2 is 2.28 bits per heavy atom. The molecule has 18 heavy (non-hydrogen) atoms. The first kappa shape index (κ1) is 13.9. The molecule has 1 aliphatic rings. The van der Waals surface area contributed by atoms with Crippen LogP contribution in [0.15, 0.2) is 26.3 Å². The Bertz CT molecular complexity index is 473. The number of thioether (sulfide) groups is 1. The summed E-state index contributed by atoms with van der Waals surface area (Å²) in [4.78, 5) is 5.68. The summed E-state index contributed by atoms with van der Waals surface area (Å²) in [5, 5.41) is 2.92. The van der Waals surface area contributed by atoms with Gasteiger partial charge in [-0.2, -0.15) is 0 Å². The minimum atomic E-state index is 0.151. The molecule has 0 unspecified atom stereocenters. The molecule has 1 atom stereocenters. The van der Waals surface area contributed by atoms with Crippen LogP contribution in [0.3, 0.4) is 0 Å². The lowest BCUT2D eigenvalue weighted by atomic mass is 10.4. The standard InChI is InChI=1S/C11H14BrN3OS2/c1-7(5-16-2)13-11-15-14-8(6-17-11)9-3-4-10(12)18-9/h3-4,6-7,14H,5H2,1-2H3,(H,13,15)/t7-/m0/s1. The summed E-state index contributed by atoms with van der Waals surface area (Å²) in [5.74, 6) is 0. The third kappa shape index (κ3) is 3.74. The lowest BCUT2D eigenvalue weighted by Gasteiger charge is -2.19. The summed E-state index contributed by atoms with van der Waals surface area (Å²) in [6, 6.07) is 4.26. The Balaban J connectivity index is 1.99. The van der Waals surface area contributed by atoms with Gasteiger partial charge in [0.1, 0.15) is 0 Å². The van der Waals surface area contributed by atoms with Gasteiger partial charge in [0, 0.05) is 12.5 Å². The maximum absolute atomic E-state index is 5.05. The van der Waals surface area contributed by atoms with Crippen molar-refractivity contribution in [3.63, 3.8) is 0 Å². The monoisotopic (exact) mass is 347 g/mol. The SMILES string of the molecule is COC[C@H](C)N=C1NNC(c2ccc(Br)s2)=CS1. The zero-order valence-electron chi connectivity index (χ0n) is 10.1. The third-order valence-corrected chi connectivity index (χ3v) is 4.62. The maximum Gasteiger partial charge on any atom is 0.180 e. The Kier molecular flexibility index (Phi) is 5.11. The molecular formula is C11H14BrN3OS2. The number of hydrazine groups is 1. The molecule has 0 amide bonds. The quantitative estimate of drug-likeness (QED) is 0.878. The number of halogens is 1. The van der Waals surface area contributed by atoms with Crippen molar-refractivity contribution in [2.24, 2.45) is 4.99 Å². The van der Waals surface area contributed by atoms with Crippen molar-refractivity contribution >= 4 is 49.9 Å². The van der Waals surface area contributed by atoms with Crippen molar-refractivity contribution in [2.45, 2.75) is 13.0 Å². The molecule has 0 saturated carbocycles. The van der Waals surface area contributed by atoms with Crippen LogP contribution in [-0.4, -0.2) is 24.9 Å². The van der Waals surface area contributed by atoms with Gasteiger partial charge in [0.2, 0.25) is 0 Å².